The van der Waals surface area contributed by atoms with E-state index in [2.05, 4.69) is 10.3 Å². The van der Waals surface area contributed by atoms with Crippen LogP contribution in [-0.2, 0) is 19.4 Å². The summed E-state index contributed by atoms with van der Waals surface area (Å²) in [5.74, 6) is -0.178. The van der Waals surface area contributed by atoms with E-state index in [0.717, 1.165) is 46.8 Å². The molecule has 2 aromatic carbocycles. The predicted molar refractivity (Wildman–Crippen MR) is 109 cm³/mol. The zero-order chi connectivity index (χ0) is 19.7. The Kier molecular flexibility index (Phi) is 5.24. The van der Waals surface area contributed by atoms with Gasteiger partial charge in [0.2, 0.25) is 0 Å². The van der Waals surface area contributed by atoms with Crippen LogP contribution < -0.4 is 10.1 Å². The van der Waals surface area contributed by atoms with E-state index in [9.17, 15) is 9.18 Å². The number of rotatable bonds is 5. The molecule has 0 unspecified atom stereocenters. The van der Waals surface area contributed by atoms with Crippen LogP contribution in [0.3, 0.4) is 0 Å². The van der Waals surface area contributed by atoms with Crippen molar-refractivity contribution in [3.63, 3.8) is 0 Å². The Morgan fingerprint density at radius 1 is 1.25 bits per heavy atom. The van der Waals surface area contributed by atoms with Crippen molar-refractivity contribution in [2.24, 2.45) is 0 Å². The summed E-state index contributed by atoms with van der Waals surface area (Å²) in [6.07, 6.45) is 1.12. The maximum atomic E-state index is 14.7. The third-order valence-corrected chi connectivity index (χ3v) is 6.25. The third kappa shape index (κ3) is 3.45. The topological polar surface area (TPSA) is 51.2 Å². The van der Waals surface area contributed by atoms with Crippen molar-refractivity contribution in [2.75, 3.05) is 13.7 Å². The molecule has 0 fully saturated rings. The molecule has 1 aliphatic rings. The van der Waals surface area contributed by atoms with Crippen molar-refractivity contribution in [3.8, 4) is 16.9 Å². The molecular formula is C22H21FN2O2S. The molecule has 2 heterocycles. The van der Waals surface area contributed by atoms with Crippen molar-refractivity contribution >= 4 is 17.1 Å². The van der Waals surface area contributed by atoms with Crippen LogP contribution in [0, 0.1) is 12.7 Å². The van der Waals surface area contributed by atoms with E-state index in [4.69, 9.17) is 4.74 Å². The Morgan fingerprint density at radius 2 is 2.04 bits per heavy atom. The Morgan fingerprint density at radius 3 is 2.82 bits per heavy atom. The molecule has 4 nitrogen and oxygen atoms in total. The average molecular weight is 396 g/mol. The fraction of sp³-hybridized carbons (Fsp3) is 0.273. The summed E-state index contributed by atoms with van der Waals surface area (Å²) >= 11 is 1.48. The number of nitrogens with zero attached hydrogens (tertiary/aromatic N) is 1. The predicted octanol–water partition coefficient (Wildman–Crippen LogP) is 4.34. The Bertz CT molecular complexity index is 1020. The largest absolute Gasteiger partial charge is 0.494 e. The van der Waals surface area contributed by atoms with Crippen molar-refractivity contribution in [3.05, 3.63) is 68.9 Å². The number of thiazole rings is 1. The monoisotopic (exact) mass is 396 g/mol. The van der Waals surface area contributed by atoms with Gasteiger partial charge in [0.1, 0.15) is 0 Å². The molecule has 1 aromatic heterocycles. The van der Waals surface area contributed by atoms with E-state index in [0.29, 0.717) is 10.6 Å². The van der Waals surface area contributed by atoms with Crippen LogP contribution in [0.4, 0.5) is 4.39 Å². The standard InChI is InChI=1S/C22H21FN2O2S/c1-13-14(11-18(26)22-25-17-9-10-24-12-20(17)28-22)5-3-6-15(13)16-7-4-8-19(27-2)21(16)23/h3-8,24H,9-12H2,1-2H3. The van der Waals surface area contributed by atoms with Gasteiger partial charge in [0, 0.05) is 36.4 Å². The Hall–Kier alpha value is -2.57. The molecule has 144 valence electrons. The van der Waals surface area contributed by atoms with Gasteiger partial charge in [-0.05, 0) is 29.7 Å². The van der Waals surface area contributed by atoms with E-state index >= 15 is 0 Å². The number of hydrogen-bond acceptors (Lipinski definition) is 5. The molecule has 0 atom stereocenters. The van der Waals surface area contributed by atoms with E-state index in [1.165, 1.54) is 18.4 Å². The summed E-state index contributed by atoms with van der Waals surface area (Å²) in [5, 5.41) is 3.87. The molecule has 6 heteroatoms. The molecule has 1 aliphatic heterocycles. The number of halogens is 1. The number of carbonyl (C=O) groups excluding carboxylic acids is 1. The molecule has 0 amide bonds. The minimum absolute atomic E-state index is 0.00534. The van der Waals surface area contributed by atoms with Gasteiger partial charge in [-0.1, -0.05) is 30.3 Å². The SMILES string of the molecule is COc1cccc(-c2cccc(CC(=O)c3nc4c(s3)CNCC4)c2C)c1F. The van der Waals surface area contributed by atoms with Crippen LogP contribution in [0.5, 0.6) is 5.75 Å². The molecular weight excluding hydrogens is 375 g/mol. The smallest absolute Gasteiger partial charge is 0.195 e. The van der Waals surface area contributed by atoms with Gasteiger partial charge < -0.3 is 10.1 Å². The molecule has 28 heavy (non-hydrogen) atoms. The van der Waals surface area contributed by atoms with Crippen molar-refractivity contribution in [1.82, 2.24) is 10.3 Å². The summed E-state index contributed by atoms with van der Waals surface area (Å²) in [6.45, 7) is 3.61. The van der Waals surface area contributed by atoms with Crippen molar-refractivity contribution in [1.29, 1.82) is 0 Å². The number of hydrogen-bond donors (Lipinski definition) is 1. The first-order chi connectivity index (χ1) is 13.6. The molecule has 0 radical (unpaired) electrons. The van der Waals surface area contributed by atoms with Crippen LogP contribution in [0.1, 0.15) is 31.5 Å². The summed E-state index contributed by atoms with van der Waals surface area (Å²) in [4.78, 5) is 18.5. The van der Waals surface area contributed by atoms with Crippen LogP contribution in [0.2, 0.25) is 0 Å². The maximum Gasteiger partial charge on any atom is 0.195 e. The van der Waals surface area contributed by atoms with Gasteiger partial charge >= 0.3 is 0 Å². The minimum Gasteiger partial charge on any atom is -0.494 e. The van der Waals surface area contributed by atoms with Gasteiger partial charge in [-0.2, -0.15) is 0 Å². The lowest BCUT2D eigenvalue weighted by Gasteiger charge is -2.13. The van der Waals surface area contributed by atoms with Crippen LogP contribution in [0.15, 0.2) is 36.4 Å². The highest BCUT2D eigenvalue weighted by atomic mass is 32.1. The lowest BCUT2D eigenvalue weighted by molar-refractivity contribution is 0.0992. The van der Waals surface area contributed by atoms with Crippen LogP contribution in [-0.4, -0.2) is 24.4 Å². The Balaban J connectivity index is 1.64. The van der Waals surface area contributed by atoms with Crippen LogP contribution >= 0.6 is 11.3 Å². The summed E-state index contributed by atoms with van der Waals surface area (Å²) < 4.78 is 19.8. The van der Waals surface area contributed by atoms with Crippen molar-refractivity contribution < 1.29 is 13.9 Å². The number of methoxy groups -OCH3 is 1. The van der Waals surface area contributed by atoms with Gasteiger partial charge in [-0.15, -0.1) is 11.3 Å². The minimum atomic E-state index is -0.392. The third-order valence-electron chi connectivity index (χ3n) is 5.11. The van der Waals surface area contributed by atoms with Gasteiger partial charge in [0.25, 0.3) is 0 Å². The Labute approximate surface area is 167 Å². The zero-order valence-corrected chi connectivity index (χ0v) is 16.7. The molecule has 0 saturated carbocycles. The highest BCUT2D eigenvalue weighted by Gasteiger charge is 2.20. The molecule has 0 spiro atoms. The van der Waals surface area contributed by atoms with Crippen molar-refractivity contribution in [2.45, 2.75) is 26.3 Å². The van der Waals surface area contributed by atoms with E-state index in [1.54, 1.807) is 18.2 Å². The number of benzene rings is 2. The molecule has 0 aliphatic carbocycles. The normalized spacial score (nSPS) is 13.2. The highest BCUT2D eigenvalue weighted by molar-refractivity contribution is 7.13. The van der Waals surface area contributed by atoms with Gasteiger partial charge in [0.05, 0.1) is 12.8 Å². The first-order valence-corrected chi connectivity index (χ1v) is 10.0. The summed E-state index contributed by atoms with van der Waals surface area (Å²) in [5.41, 5.74) is 4.06. The molecule has 3 aromatic rings. The highest BCUT2D eigenvalue weighted by Crippen LogP contribution is 2.33. The fourth-order valence-corrected chi connectivity index (χ4v) is 4.55. The van der Waals surface area contributed by atoms with E-state index in [1.807, 2.05) is 25.1 Å². The van der Waals surface area contributed by atoms with Gasteiger partial charge in [-0.25, -0.2) is 9.37 Å². The molecule has 0 saturated heterocycles. The number of aromatic nitrogens is 1. The van der Waals surface area contributed by atoms with Gasteiger partial charge in [0.15, 0.2) is 22.4 Å². The molecule has 1 N–H and O–H groups in total. The quantitative estimate of drug-likeness (QED) is 0.652. The average Bonchev–Trinajstić information content (AvgIpc) is 3.14. The first kappa shape index (κ1) is 18.8. The van der Waals surface area contributed by atoms with E-state index < -0.39 is 5.82 Å². The number of Topliss-reactive ketones (excluding diaryl/α,β-unsaturated/α-hetero) is 1. The lowest BCUT2D eigenvalue weighted by Crippen LogP contribution is -2.22. The summed E-state index contributed by atoms with van der Waals surface area (Å²) in [6, 6.07) is 10.7. The van der Waals surface area contributed by atoms with Gasteiger partial charge in [-0.3, -0.25) is 4.79 Å². The lowest BCUT2D eigenvalue weighted by atomic mass is 9.93. The number of ether oxygens (including phenoxy) is 1. The van der Waals surface area contributed by atoms with Crippen LogP contribution in [0.25, 0.3) is 11.1 Å². The second-order valence-corrected chi connectivity index (χ2v) is 7.91. The molecule has 0 bridgehead atoms. The number of nitrogens with one attached hydrogen (secondary N) is 1. The zero-order valence-electron chi connectivity index (χ0n) is 15.8. The molecule has 4 rings (SSSR count). The maximum absolute atomic E-state index is 14.7. The fourth-order valence-electron chi connectivity index (χ4n) is 3.54. The first-order valence-electron chi connectivity index (χ1n) is 9.22. The second kappa shape index (κ2) is 7.81. The second-order valence-electron chi connectivity index (χ2n) is 6.83. The number of carbonyl (C=O) groups is 1. The number of ketones is 1. The number of fused-ring (bicyclic) bond motifs is 1. The van der Waals surface area contributed by atoms with E-state index in [-0.39, 0.29) is 18.0 Å². The summed E-state index contributed by atoms with van der Waals surface area (Å²) in [7, 11) is 1.45.